The van der Waals surface area contributed by atoms with Gasteiger partial charge in [-0.3, -0.25) is 0 Å². The summed E-state index contributed by atoms with van der Waals surface area (Å²) < 4.78 is 0. The van der Waals surface area contributed by atoms with Crippen molar-refractivity contribution in [2.75, 3.05) is 0 Å². The van der Waals surface area contributed by atoms with Gasteiger partial charge >= 0.3 is 0 Å². The number of hydrogen-bond donors (Lipinski definition) is 0. The summed E-state index contributed by atoms with van der Waals surface area (Å²) in [7, 11) is 0. The normalized spacial score (nSPS) is 33.9. The Labute approximate surface area is 92.5 Å². The molecule has 0 saturated heterocycles. The van der Waals surface area contributed by atoms with Gasteiger partial charge in [-0.05, 0) is 38.3 Å². The number of rotatable bonds is 1. The number of alkyl halides is 1. The summed E-state index contributed by atoms with van der Waals surface area (Å²) in [6.07, 6.45) is 3.96. The Bertz CT molecular complexity index is 305. The number of aryl methyl sites for hydroxylation is 1. The van der Waals surface area contributed by atoms with Crippen molar-refractivity contribution in [2.24, 2.45) is 0 Å². The van der Waals surface area contributed by atoms with Crippen LogP contribution in [0.3, 0.4) is 0 Å². The van der Waals surface area contributed by atoms with Crippen LogP contribution < -0.4 is 0 Å². The van der Waals surface area contributed by atoms with Gasteiger partial charge in [0, 0.05) is 20.0 Å². The van der Waals surface area contributed by atoms with E-state index in [1.165, 1.54) is 24.1 Å². The maximum absolute atomic E-state index is 3.72. The molecule has 2 unspecified atom stereocenters. The van der Waals surface area contributed by atoms with Crippen LogP contribution in [0.15, 0.2) is 12.1 Å². The second-order valence-electron chi connectivity index (χ2n) is 4.31. The maximum Gasteiger partial charge on any atom is 0.0154 e. The highest BCUT2D eigenvalue weighted by molar-refractivity contribution is 9.09. The molecule has 1 heterocycles. The van der Waals surface area contributed by atoms with Crippen molar-refractivity contribution in [1.82, 2.24) is 0 Å². The van der Waals surface area contributed by atoms with Crippen LogP contribution in [-0.4, -0.2) is 4.83 Å². The Morgan fingerprint density at radius 2 is 2.31 bits per heavy atom. The van der Waals surface area contributed by atoms with Crippen molar-refractivity contribution in [3.05, 3.63) is 21.9 Å². The maximum atomic E-state index is 3.72. The van der Waals surface area contributed by atoms with Gasteiger partial charge in [0.25, 0.3) is 0 Å². The Morgan fingerprint density at radius 1 is 1.54 bits per heavy atom. The second-order valence-corrected chi connectivity index (χ2v) is 6.89. The molecule has 0 nitrogen and oxygen atoms in total. The van der Waals surface area contributed by atoms with Gasteiger partial charge in [0.15, 0.2) is 0 Å². The number of thiophene rings is 1. The lowest BCUT2D eigenvalue weighted by atomic mass is 9.87. The predicted molar refractivity (Wildman–Crippen MR) is 63.0 cm³/mol. The third-order valence-corrected chi connectivity index (χ3v) is 5.11. The summed E-state index contributed by atoms with van der Waals surface area (Å²) in [5.74, 6) is 0. The van der Waals surface area contributed by atoms with E-state index in [1.54, 1.807) is 4.88 Å². The van der Waals surface area contributed by atoms with Gasteiger partial charge in [-0.1, -0.05) is 22.9 Å². The van der Waals surface area contributed by atoms with E-state index in [0.29, 0.717) is 5.41 Å². The van der Waals surface area contributed by atoms with Gasteiger partial charge in [0.2, 0.25) is 0 Å². The molecule has 13 heavy (non-hydrogen) atoms. The minimum absolute atomic E-state index is 0.451. The van der Waals surface area contributed by atoms with Crippen LogP contribution >= 0.6 is 27.3 Å². The first kappa shape index (κ1) is 9.72. The average molecular weight is 259 g/mol. The van der Waals surface area contributed by atoms with Crippen LogP contribution in [0.1, 0.15) is 35.9 Å². The highest BCUT2D eigenvalue weighted by Gasteiger charge is 2.36. The molecule has 1 aromatic heterocycles. The van der Waals surface area contributed by atoms with Crippen molar-refractivity contribution in [3.63, 3.8) is 0 Å². The van der Waals surface area contributed by atoms with Crippen LogP contribution in [-0.2, 0) is 5.41 Å². The van der Waals surface area contributed by atoms with Crippen molar-refractivity contribution < 1.29 is 0 Å². The summed E-state index contributed by atoms with van der Waals surface area (Å²) in [5, 5.41) is 0. The molecule has 72 valence electrons. The smallest absolute Gasteiger partial charge is 0.0154 e. The molecule has 1 saturated carbocycles. The molecule has 0 radical (unpaired) electrons. The molecule has 1 aliphatic carbocycles. The molecule has 0 aliphatic heterocycles. The first-order valence-corrected chi connectivity index (χ1v) is 6.54. The molecular formula is C11H15BrS. The van der Waals surface area contributed by atoms with E-state index in [-0.39, 0.29) is 0 Å². The van der Waals surface area contributed by atoms with Gasteiger partial charge in [-0.15, -0.1) is 11.3 Å². The molecule has 2 heteroatoms. The van der Waals surface area contributed by atoms with E-state index in [0.717, 1.165) is 4.83 Å². The Balaban J connectivity index is 2.25. The molecule has 0 amide bonds. The van der Waals surface area contributed by atoms with E-state index in [9.17, 15) is 0 Å². The second kappa shape index (κ2) is 3.39. The number of hydrogen-bond acceptors (Lipinski definition) is 1. The summed E-state index contributed by atoms with van der Waals surface area (Å²) in [6, 6.07) is 4.55. The molecule has 1 aliphatic rings. The lowest BCUT2D eigenvalue weighted by Crippen LogP contribution is -2.15. The van der Waals surface area contributed by atoms with Crippen LogP contribution in [0.2, 0.25) is 0 Å². The van der Waals surface area contributed by atoms with Gasteiger partial charge in [-0.25, -0.2) is 0 Å². The quantitative estimate of drug-likeness (QED) is 0.661. The fraction of sp³-hybridized carbons (Fsp3) is 0.636. The Morgan fingerprint density at radius 3 is 2.77 bits per heavy atom. The first-order valence-electron chi connectivity index (χ1n) is 4.81. The molecule has 0 N–H and O–H groups in total. The zero-order chi connectivity index (χ0) is 9.47. The zero-order valence-corrected chi connectivity index (χ0v) is 10.5. The number of halogens is 1. The van der Waals surface area contributed by atoms with Crippen molar-refractivity contribution in [3.8, 4) is 0 Å². The van der Waals surface area contributed by atoms with Gasteiger partial charge in [-0.2, -0.15) is 0 Å². The van der Waals surface area contributed by atoms with Crippen LogP contribution in [0.5, 0.6) is 0 Å². The SMILES string of the molecule is Cc1ccc(C2(C)CCC(Br)C2)s1. The minimum Gasteiger partial charge on any atom is -0.145 e. The lowest BCUT2D eigenvalue weighted by Gasteiger charge is -2.21. The summed E-state index contributed by atoms with van der Waals surface area (Å²) >= 11 is 5.69. The van der Waals surface area contributed by atoms with Crippen LogP contribution in [0, 0.1) is 6.92 Å². The molecule has 2 rings (SSSR count). The lowest BCUT2D eigenvalue weighted by molar-refractivity contribution is 0.504. The van der Waals surface area contributed by atoms with E-state index in [1.807, 2.05) is 11.3 Å². The highest BCUT2D eigenvalue weighted by atomic mass is 79.9. The van der Waals surface area contributed by atoms with Crippen LogP contribution in [0.4, 0.5) is 0 Å². The Hall–Kier alpha value is 0.180. The van der Waals surface area contributed by atoms with Crippen molar-refractivity contribution in [1.29, 1.82) is 0 Å². The van der Waals surface area contributed by atoms with E-state index < -0.39 is 0 Å². The summed E-state index contributed by atoms with van der Waals surface area (Å²) in [4.78, 5) is 3.75. The predicted octanol–water partition coefficient (Wildman–Crippen LogP) is 4.26. The molecule has 2 atom stereocenters. The largest absolute Gasteiger partial charge is 0.145 e. The topological polar surface area (TPSA) is 0 Å². The fourth-order valence-electron chi connectivity index (χ4n) is 2.15. The zero-order valence-electron chi connectivity index (χ0n) is 8.14. The van der Waals surface area contributed by atoms with Crippen molar-refractivity contribution in [2.45, 2.75) is 43.4 Å². The molecule has 1 aromatic rings. The highest BCUT2D eigenvalue weighted by Crippen LogP contribution is 2.45. The van der Waals surface area contributed by atoms with E-state index >= 15 is 0 Å². The minimum atomic E-state index is 0.451. The first-order chi connectivity index (χ1) is 6.10. The van der Waals surface area contributed by atoms with E-state index in [4.69, 9.17) is 0 Å². The molecule has 0 spiro atoms. The molecule has 0 bridgehead atoms. The standard InChI is InChI=1S/C11H15BrS/c1-8-3-4-10(13-8)11(2)6-5-9(12)7-11/h3-4,9H,5-7H2,1-2H3. The van der Waals surface area contributed by atoms with Crippen LogP contribution in [0.25, 0.3) is 0 Å². The van der Waals surface area contributed by atoms with Crippen molar-refractivity contribution >= 4 is 27.3 Å². The fourth-order valence-corrected chi connectivity index (χ4v) is 4.15. The molecular weight excluding hydrogens is 244 g/mol. The van der Waals surface area contributed by atoms with E-state index in [2.05, 4.69) is 41.9 Å². The average Bonchev–Trinajstić information content (AvgIpc) is 2.60. The third-order valence-electron chi connectivity index (χ3n) is 3.02. The third kappa shape index (κ3) is 1.84. The summed E-state index contributed by atoms with van der Waals surface area (Å²) in [5.41, 5.74) is 0.451. The molecule has 1 fully saturated rings. The van der Waals surface area contributed by atoms with Gasteiger partial charge in [0.1, 0.15) is 0 Å². The monoisotopic (exact) mass is 258 g/mol. The van der Waals surface area contributed by atoms with Gasteiger partial charge in [0.05, 0.1) is 0 Å². The summed E-state index contributed by atoms with van der Waals surface area (Å²) in [6.45, 7) is 4.59. The Kier molecular flexibility index (Phi) is 2.54. The van der Waals surface area contributed by atoms with Gasteiger partial charge < -0.3 is 0 Å². The molecule has 0 aromatic carbocycles.